The van der Waals surface area contributed by atoms with E-state index in [-0.39, 0.29) is 11.7 Å². The number of anilines is 1. The Kier molecular flexibility index (Phi) is 5.73. The molecule has 1 aliphatic rings. The first-order valence-corrected chi connectivity index (χ1v) is 11.0. The molecule has 7 heteroatoms. The molecule has 6 nitrogen and oxygen atoms in total. The number of nitrogens with zero attached hydrogens (tertiary/aromatic N) is 3. The van der Waals surface area contributed by atoms with Crippen molar-refractivity contribution in [1.29, 1.82) is 0 Å². The van der Waals surface area contributed by atoms with E-state index in [0.29, 0.717) is 12.2 Å². The molecular formula is C25H26FN5O. The summed E-state index contributed by atoms with van der Waals surface area (Å²) in [5.74, 6) is -0.293. The summed E-state index contributed by atoms with van der Waals surface area (Å²) >= 11 is 0. The summed E-state index contributed by atoms with van der Waals surface area (Å²) in [5.41, 5.74) is 3.40. The summed E-state index contributed by atoms with van der Waals surface area (Å²) in [6.07, 6.45) is 2.66. The third kappa shape index (κ3) is 4.29. The van der Waals surface area contributed by atoms with E-state index in [1.54, 1.807) is 6.20 Å². The van der Waals surface area contributed by atoms with Crippen LogP contribution in [0, 0.1) is 5.82 Å². The van der Waals surface area contributed by atoms with Crippen LogP contribution in [-0.2, 0) is 0 Å². The predicted molar refractivity (Wildman–Crippen MR) is 126 cm³/mol. The zero-order valence-electron chi connectivity index (χ0n) is 17.9. The Morgan fingerprint density at radius 2 is 1.81 bits per heavy atom. The van der Waals surface area contributed by atoms with Crippen molar-refractivity contribution in [3.05, 3.63) is 72.3 Å². The molecule has 2 aromatic heterocycles. The number of aromatic amines is 1. The topological polar surface area (TPSA) is 64.3 Å². The lowest BCUT2D eigenvalue weighted by molar-refractivity contribution is 0.0947. The van der Waals surface area contributed by atoms with E-state index in [1.165, 1.54) is 12.1 Å². The van der Waals surface area contributed by atoms with Gasteiger partial charge in [-0.1, -0.05) is 18.2 Å². The van der Waals surface area contributed by atoms with Gasteiger partial charge in [0.1, 0.15) is 11.5 Å². The van der Waals surface area contributed by atoms with E-state index in [4.69, 9.17) is 0 Å². The summed E-state index contributed by atoms with van der Waals surface area (Å²) in [6, 6.07) is 16.5. The molecule has 0 atom stereocenters. The van der Waals surface area contributed by atoms with Crippen molar-refractivity contribution in [2.75, 3.05) is 44.2 Å². The number of aromatic nitrogens is 2. The predicted octanol–water partition coefficient (Wildman–Crippen LogP) is 3.80. The average Bonchev–Trinajstić information content (AvgIpc) is 3.28. The molecule has 1 amide bonds. The second kappa shape index (κ2) is 8.96. The first kappa shape index (κ1) is 20.5. The fraction of sp³-hybridized carbons (Fsp3) is 0.280. The maximum absolute atomic E-state index is 13.1. The SMILES string of the molecule is O=C(NCCCN1CCN(c2ccc(F)cc2)CC1)c1cc2ccc3cccnc3c2[nH]1. The molecule has 2 N–H and O–H groups in total. The summed E-state index contributed by atoms with van der Waals surface area (Å²) in [6.45, 7) is 5.36. The van der Waals surface area contributed by atoms with Crippen LogP contribution in [0.1, 0.15) is 16.9 Å². The number of halogens is 1. The molecule has 3 heterocycles. The van der Waals surface area contributed by atoms with E-state index in [1.807, 2.05) is 42.5 Å². The van der Waals surface area contributed by atoms with Gasteiger partial charge in [0, 0.05) is 55.4 Å². The van der Waals surface area contributed by atoms with Gasteiger partial charge in [0.2, 0.25) is 0 Å². The summed E-state index contributed by atoms with van der Waals surface area (Å²) in [5, 5.41) is 5.06. The molecule has 4 aromatic rings. The number of fused-ring (bicyclic) bond motifs is 3. The minimum atomic E-state index is -0.202. The largest absolute Gasteiger partial charge is 0.369 e. The molecule has 1 saturated heterocycles. The number of carbonyl (C=O) groups excluding carboxylic acids is 1. The number of hydrogen-bond donors (Lipinski definition) is 2. The normalized spacial score (nSPS) is 14.8. The summed E-state index contributed by atoms with van der Waals surface area (Å²) in [4.78, 5) is 25.0. The monoisotopic (exact) mass is 431 g/mol. The molecule has 0 unspecified atom stereocenters. The third-order valence-corrected chi connectivity index (χ3v) is 6.11. The Morgan fingerprint density at radius 3 is 2.62 bits per heavy atom. The Hall–Kier alpha value is -3.45. The molecule has 0 spiro atoms. The van der Waals surface area contributed by atoms with Gasteiger partial charge in [-0.25, -0.2) is 4.39 Å². The molecule has 1 fully saturated rings. The lowest BCUT2D eigenvalue weighted by atomic mass is 10.1. The Balaban J connectivity index is 1.10. The molecule has 2 aromatic carbocycles. The zero-order chi connectivity index (χ0) is 21.9. The number of pyridine rings is 1. The fourth-order valence-electron chi connectivity index (χ4n) is 4.34. The number of rotatable bonds is 6. The first-order chi connectivity index (χ1) is 15.7. The van der Waals surface area contributed by atoms with Gasteiger partial charge >= 0.3 is 0 Å². The van der Waals surface area contributed by atoms with Gasteiger partial charge in [0.15, 0.2) is 0 Å². The summed E-state index contributed by atoms with van der Waals surface area (Å²) in [7, 11) is 0. The minimum absolute atomic E-state index is 0.0913. The second-order valence-electron chi connectivity index (χ2n) is 8.20. The van der Waals surface area contributed by atoms with Crippen molar-refractivity contribution in [3.8, 4) is 0 Å². The van der Waals surface area contributed by atoms with Gasteiger partial charge in [-0.15, -0.1) is 0 Å². The standard InChI is InChI=1S/C25H26FN5O/c26-20-6-8-21(9-7-20)31-15-13-30(14-16-31)12-2-11-28-25(32)22-17-19-5-4-18-3-1-10-27-23(18)24(19)29-22/h1,3-10,17,29H,2,11-16H2,(H,28,32). The zero-order valence-corrected chi connectivity index (χ0v) is 17.9. The van der Waals surface area contributed by atoms with Crippen molar-refractivity contribution in [1.82, 2.24) is 20.2 Å². The van der Waals surface area contributed by atoms with Crippen molar-refractivity contribution in [2.24, 2.45) is 0 Å². The number of hydrogen-bond acceptors (Lipinski definition) is 4. The highest BCUT2D eigenvalue weighted by Gasteiger charge is 2.17. The van der Waals surface area contributed by atoms with E-state index in [0.717, 1.165) is 66.6 Å². The smallest absolute Gasteiger partial charge is 0.267 e. The van der Waals surface area contributed by atoms with Crippen LogP contribution in [0.2, 0.25) is 0 Å². The summed E-state index contributed by atoms with van der Waals surface area (Å²) < 4.78 is 13.1. The number of carbonyl (C=O) groups is 1. The third-order valence-electron chi connectivity index (χ3n) is 6.11. The van der Waals surface area contributed by atoms with Gasteiger partial charge < -0.3 is 15.2 Å². The van der Waals surface area contributed by atoms with Crippen LogP contribution in [0.25, 0.3) is 21.8 Å². The Morgan fingerprint density at radius 1 is 1.03 bits per heavy atom. The maximum Gasteiger partial charge on any atom is 0.267 e. The van der Waals surface area contributed by atoms with E-state index >= 15 is 0 Å². The molecule has 1 aliphatic heterocycles. The number of nitrogens with one attached hydrogen (secondary N) is 2. The molecule has 5 rings (SSSR count). The molecule has 0 radical (unpaired) electrons. The second-order valence-corrected chi connectivity index (χ2v) is 8.20. The fourth-order valence-corrected chi connectivity index (χ4v) is 4.34. The molecule has 0 saturated carbocycles. The van der Waals surface area contributed by atoms with Crippen LogP contribution in [0.3, 0.4) is 0 Å². The van der Waals surface area contributed by atoms with Gasteiger partial charge in [0.25, 0.3) is 5.91 Å². The maximum atomic E-state index is 13.1. The quantitative estimate of drug-likeness (QED) is 0.456. The van der Waals surface area contributed by atoms with Crippen LogP contribution in [0.5, 0.6) is 0 Å². The Labute approximate surface area is 186 Å². The molecular weight excluding hydrogens is 405 g/mol. The highest BCUT2D eigenvalue weighted by atomic mass is 19.1. The van der Waals surface area contributed by atoms with E-state index in [2.05, 4.69) is 25.1 Å². The minimum Gasteiger partial charge on any atom is -0.369 e. The molecule has 32 heavy (non-hydrogen) atoms. The molecule has 0 aliphatic carbocycles. The highest BCUT2D eigenvalue weighted by molar-refractivity contribution is 6.07. The average molecular weight is 432 g/mol. The highest BCUT2D eigenvalue weighted by Crippen LogP contribution is 2.23. The molecule has 0 bridgehead atoms. The van der Waals surface area contributed by atoms with Crippen LogP contribution >= 0.6 is 0 Å². The lowest BCUT2D eigenvalue weighted by Gasteiger charge is -2.36. The van der Waals surface area contributed by atoms with Crippen LogP contribution in [-0.4, -0.2) is 60.0 Å². The Bertz CT molecular complexity index is 1230. The van der Waals surface area contributed by atoms with Crippen molar-refractivity contribution in [3.63, 3.8) is 0 Å². The van der Waals surface area contributed by atoms with E-state index in [9.17, 15) is 9.18 Å². The molecule has 164 valence electrons. The van der Waals surface area contributed by atoms with Gasteiger partial charge in [-0.3, -0.25) is 14.7 Å². The van der Waals surface area contributed by atoms with Gasteiger partial charge in [-0.05, 0) is 49.4 Å². The van der Waals surface area contributed by atoms with Crippen molar-refractivity contribution < 1.29 is 9.18 Å². The van der Waals surface area contributed by atoms with Crippen molar-refractivity contribution in [2.45, 2.75) is 6.42 Å². The van der Waals surface area contributed by atoms with Gasteiger partial charge in [0.05, 0.1) is 11.0 Å². The first-order valence-electron chi connectivity index (χ1n) is 11.0. The van der Waals surface area contributed by atoms with Crippen LogP contribution in [0.4, 0.5) is 10.1 Å². The number of amides is 1. The van der Waals surface area contributed by atoms with E-state index < -0.39 is 0 Å². The van der Waals surface area contributed by atoms with Crippen molar-refractivity contribution >= 4 is 33.4 Å². The lowest BCUT2D eigenvalue weighted by Crippen LogP contribution is -2.47. The van der Waals surface area contributed by atoms with Crippen LogP contribution < -0.4 is 10.2 Å². The number of benzene rings is 2. The van der Waals surface area contributed by atoms with Gasteiger partial charge in [-0.2, -0.15) is 0 Å². The van der Waals surface area contributed by atoms with Crippen LogP contribution in [0.15, 0.2) is 60.8 Å². The number of piperazine rings is 1. The number of H-pyrrole nitrogens is 1.